The van der Waals surface area contributed by atoms with Gasteiger partial charge in [0.05, 0.1) is 10.7 Å². The molecule has 21 heavy (non-hydrogen) atoms. The second kappa shape index (κ2) is 5.81. The van der Waals surface area contributed by atoms with E-state index in [4.69, 9.17) is 0 Å². The molecule has 0 aliphatic rings. The molecule has 0 atom stereocenters. The number of carbonyl (C=O) groups excluding carboxylic acids is 2. The summed E-state index contributed by atoms with van der Waals surface area (Å²) in [6.07, 6.45) is 3.37. The Bertz CT molecular complexity index is 692. The van der Waals surface area contributed by atoms with Crippen molar-refractivity contribution in [3.05, 3.63) is 46.7 Å². The number of benzene rings is 1. The zero-order valence-corrected chi connectivity index (χ0v) is 13.6. The first kappa shape index (κ1) is 15.4. The van der Waals surface area contributed by atoms with Crippen LogP contribution in [0, 0.1) is 0 Å². The van der Waals surface area contributed by atoms with Gasteiger partial charge >= 0.3 is 0 Å². The first-order valence-corrected chi connectivity index (χ1v) is 7.23. The maximum atomic E-state index is 12.5. The Kier molecular flexibility index (Phi) is 4.27. The number of nitrogens with zero attached hydrogens (tertiary/aromatic N) is 2. The van der Waals surface area contributed by atoms with Gasteiger partial charge in [-0.05, 0) is 48.8 Å². The molecule has 0 aliphatic carbocycles. The second-order valence-electron chi connectivity index (χ2n) is 5.25. The normalized spacial score (nSPS) is 11.2. The standard InChI is InChI=1S/C15H16BrN3O2/c1-10(20)11-5-4-6-13(7-11)18-14(21)15(2,3)19-9-12(16)8-17-19/h4-9H,1-3H3,(H,18,21). The van der Waals surface area contributed by atoms with Crippen molar-refractivity contribution in [3.63, 3.8) is 0 Å². The summed E-state index contributed by atoms with van der Waals surface area (Å²) >= 11 is 3.31. The van der Waals surface area contributed by atoms with E-state index in [1.165, 1.54) is 6.92 Å². The third-order valence-corrected chi connectivity index (χ3v) is 3.62. The van der Waals surface area contributed by atoms with E-state index >= 15 is 0 Å². The van der Waals surface area contributed by atoms with Crippen molar-refractivity contribution in [1.82, 2.24) is 9.78 Å². The lowest BCUT2D eigenvalue weighted by Gasteiger charge is -2.24. The zero-order chi connectivity index (χ0) is 15.6. The molecule has 110 valence electrons. The predicted molar refractivity (Wildman–Crippen MR) is 84.3 cm³/mol. The van der Waals surface area contributed by atoms with E-state index in [0.717, 1.165) is 4.47 Å². The van der Waals surface area contributed by atoms with Gasteiger partial charge in [-0.25, -0.2) is 0 Å². The highest BCUT2D eigenvalue weighted by Crippen LogP contribution is 2.20. The average molecular weight is 350 g/mol. The van der Waals surface area contributed by atoms with Gasteiger partial charge in [-0.15, -0.1) is 0 Å². The summed E-state index contributed by atoms with van der Waals surface area (Å²) in [5.41, 5.74) is 0.303. The van der Waals surface area contributed by atoms with Crippen LogP contribution in [0.3, 0.4) is 0 Å². The van der Waals surface area contributed by atoms with Crippen LogP contribution in [0.25, 0.3) is 0 Å². The lowest BCUT2D eigenvalue weighted by molar-refractivity contribution is -0.123. The molecule has 0 saturated carbocycles. The average Bonchev–Trinajstić information content (AvgIpc) is 2.86. The van der Waals surface area contributed by atoms with Crippen LogP contribution in [0.4, 0.5) is 5.69 Å². The van der Waals surface area contributed by atoms with Gasteiger partial charge in [-0.1, -0.05) is 12.1 Å². The maximum absolute atomic E-state index is 12.5. The number of ketones is 1. The topological polar surface area (TPSA) is 64.0 Å². The fourth-order valence-electron chi connectivity index (χ4n) is 1.81. The van der Waals surface area contributed by atoms with Gasteiger partial charge in [0.15, 0.2) is 5.78 Å². The van der Waals surface area contributed by atoms with Gasteiger partial charge in [-0.2, -0.15) is 5.10 Å². The molecule has 0 spiro atoms. The first-order valence-electron chi connectivity index (χ1n) is 6.44. The highest BCUT2D eigenvalue weighted by atomic mass is 79.9. The van der Waals surface area contributed by atoms with Crippen molar-refractivity contribution in [2.45, 2.75) is 26.3 Å². The molecule has 6 heteroatoms. The lowest BCUT2D eigenvalue weighted by atomic mass is 10.0. The van der Waals surface area contributed by atoms with E-state index in [1.807, 2.05) is 0 Å². The minimum atomic E-state index is -0.849. The molecule has 0 saturated heterocycles. The Morgan fingerprint density at radius 3 is 2.62 bits per heavy atom. The molecule has 1 amide bonds. The van der Waals surface area contributed by atoms with E-state index < -0.39 is 5.54 Å². The van der Waals surface area contributed by atoms with E-state index in [2.05, 4.69) is 26.3 Å². The number of hydrogen-bond donors (Lipinski definition) is 1. The molecule has 0 aliphatic heterocycles. The van der Waals surface area contributed by atoms with E-state index in [1.54, 1.807) is 55.2 Å². The van der Waals surface area contributed by atoms with Crippen molar-refractivity contribution in [2.75, 3.05) is 5.32 Å². The zero-order valence-electron chi connectivity index (χ0n) is 12.1. The van der Waals surface area contributed by atoms with Gasteiger partial charge in [0.25, 0.3) is 5.91 Å². The Labute approximate surface area is 131 Å². The number of carbonyl (C=O) groups is 2. The molecular weight excluding hydrogens is 334 g/mol. The molecule has 1 N–H and O–H groups in total. The first-order chi connectivity index (χ1) is 9.80. The summed E-state index contributed by atoms with van der Waals surface area (Å²) in [6.45, 7) is 5.04. The van der Waals surface area contributed by atoms with E-state index in [0.29, 0.717) is 11.3 Å². The highest BCUT2D eigenvalue weighted by Gasteiger charge is 2.30. The molecule has 2 aromatic rings. The molecular formula is C15H16BrN3O2. The largest absolute Gasteiger partial charge is 0.324 e. The molecule has 1 aromatic carbocycles. The van der Waals surface area contributed by atoms with Crippen molar-refractivity contribution in [2.24, 2.45) is 0 Å². The number of nitrogens with one attached hydrogen (secondary N) is 1. The molecule has 5 nitrogen and oxygen atoms in total. The molecule has 1 aromatic heterocycles. The van der Waals surface area contributed by atoms with Crippen molar-refractivity contribution in [3.8, 4) is 0 Å². The van der Waals surface area contributed by atoms with Gasteiger partial charge in [-0.3, -0.25) is 14.3 Å². The van der Waals surface area contributed by atoms with Crippen LogP contribution in [0.2, 0.25) is 0 Å². The highest BCUT2D eigenvalue weighted by molar-refractivity contribution is 9.10. The number of Topliss-reactive ketones (excluding diaryl/α,β-unsaturated/α-hetero) is 1. The van der Waals surface area contributed by atoms with Crippen LogP contribution in [0.5, 0.6) is 0 Å². The maximum Gasteiger partial charge on any atom is 0.251 e. The molecule has 0 fully saturated rings. The Balaban J connectivity index is 2.21. The monoisotopic (exact) mass is 349 g/mol. The summed E-state index contributed by atoms with van der Waals surface area (Å²) in [6, 6.07) is 6.87. The van der Waals surface area contributed by atoms with Crippen LogP contribution >= 0.6 is 15.9 Å². The van der Waals surface area contributed by atoms with Crippen LogP contribution < -0.4 is 5.32 Å². The van der Waals surface area contributed by atoms with Crippen LogP contribution in [0.15, 0.2) is 41.1 Å². The second-order valence-corrected chi connectivity index (χ2v) is 6.17. The third kappa shape index (κ3) is 3.39. The molecule has 0 bridgehead atoms. The molecule has 1 heterocycles. The number of rotatable bonds is 4. The predicted octanol–water partition coefficient (Wildman–Crippen LogP) is 3.22. The number of hydrogen-bond acceptors (Lipinski definition) is 3. The quantitative estimate of drug-likeness (QED) is 0.861. The van der Waals surface area contributed by atoms with Crippen LogP contribution in [-0.2, 0) is 10.3 Å². The SMILES string of the molecule is CC(=O)c1cccc(NC(=O)C(C)(C)n2cc(Br)cn2)c1. The van der Waals surface area contributed by atoms with Crippen molar-refractivity contribution < 1.29 is 9.59 Å². The van der Waals surface area contributed by atoms with Gasteiger partial charge in [0, 0.05) is 17.4 Å². The minimum Gasteiger partial charge on any atom is -0.324 e. The van der Waals surface area contributed by atoms with Crippen LogP contribution in [0.1, 0.15) is 31.1 Å². The minimum absolute atomic E-state index is 0.0404. The summed E-state index contributed by atoms with van der Waals surface area (Å²) in [5, 5.41) is 6.97. The van der Waals surface area contributed by atoms with Crippen LogP contribution in [-0.4, -0.2) is 21.5 Å². The van der Waals surface area contributed by atoms with Gasteiger partial charge < -0.3 is 5.32 Å². The van der Waals surface area contributed by atoms with E-state index in [-0.39, 0.29) is 11.7 Å². The number of anilines is 1. The summed E-state index contributed by atoms with van der Waals surface area (Å²) < 4.78 is 2.39. The molecule has 2 rings (SSSR count). The van der Waals surface area contributed by atoms with Gasteiger partial charge in [0.2, 0.25) is 0 Å². The number of halogens is 1. The summed E-state index contributed by atoms with van der Waals surface area (Å²) in [4.78, 5) is 23.8. The molecule has 0 unspecified atom stereocenters. The Morgan fingerprint density at radius 1 is 1.33 bits per heavy atom. The van der Waals surface area contributed by atoms with Crippen molar-refractivity contribution in [1.29, 1.82) is 0 Å². The van der Waals surface area contributed by atoms with Crippen molar-refractivity contribution >= 4 is 33.3 Å². The smallest absolute Gasteiger partial charge is 0.251 e. The number of amides is 1. The Morgan fingerprint density at radius 2 is 2.05 bits per heavy atom. The number of aromatic nitrogens is 2. The summed E-state index contributed by atoms with van der Waals surface area (Å²) in [5.74, 6) is -0.250. The Hall–Kier alpha value is -1.95. The molecule has 0 radical (unpaired) electrons. The summed E-state index contributed by atoms with van der Waals surface area (Å²) in [7, 11) is 0. The van der Waals surface area contributed by atoms with Gasteiger partial charge in [0.1, 0.15) is 5.54 Å². The third-order valence-electron chi connectivity index (χ3n) is 3.21. The van der Waals surface area contributed by atoms with E-state index in [9.17, 15) is 9.59 Å². The fourth-order valence-corrected chi connectivity index (χ4v) is 2.10. The lowest BCUT2D eigenvalue weighted by Crippen LogP contribution is -2.40. The fraction of sp³-hybridized carbons (Fsp3) is 0.267.